The molecule has 2 atom stereocenters. The molecule has 2 nitrogen and oxygen atoms in total. The van der Waals surface area contributed by atoms with E-state index in [1.807, 2.05) is 6.29 Å². The second kappa shape index (κ2) is 21.1. The van der Waals surface area contributed by atoms with Gasteiger partial charge < -0.3 is 4.74 Å². The lowest BCUT2D eigenvalue weighted by Crippen LogP contribution is -2.17. The van der Waals surface area contributed by atoms with E-state index in [0.717, 1.165) is 19.4 Å². The van der Waals surface area contributed by atoms with E-state index < -0.39 is 0 Å². The summed E-state index contributed by atoms with van der Waals surface area (Å²) in [6, 6.07) is 0. The van der Waals surface area contributed by atoms with E-state index in [4.69, 9.17) is 27.9 Å². The van der Waals surface area contributed by atoms with Gasteiger partial charge in [-0.05, 0) is 44.9 Å². The first-order chi connectivity index (χ1) is 14.8. The molecule has 0 N–H and O–H groups in total. The first-order valence-electron chi connectivity index (χ1n) is 12.8. The largest absolute Gasteiger partial charge is 0.378 e. The molecular weight excluding hydrogens is 415 g/mol. The van der Waals surface area contributed by atoms with Crippen LogP contribution in [0.1, 0.15) is 122 Å². The molecule has 0 saturated heterocycles. The number of rotatable bonds is 21. The molecule has 1 aliphatic carbocycles. The molecule has 2 radical (unpaired) electrons. The van der Waals surface area contributed by atoms with Crippen molar-refractivity contribution in [3.05, 3.63) is 6.42 Å². The number of carbonyl (C=O) groups excluding carboxylic acids is 1. The Kier molecular flexibility index (Phi) is 19.8. The highest BCUT2D eigenvalue weighted by molar-refractivity contribution is 6.28. The van der Waals surface area contributed by atoms with Gasteiger partial charge in [-0.15, -0.1) is 23.2 Å². The average molecular weight is 462 g/mol. The van der Waals surface area contributed by atoms with Crippen LogP contribution in [0.3, 0.4) is 0 Å². The predicted octanol–water partition coefficient (Wildman–Crippen LogP) is 8.57. The van der Waals surface area contributed by atoms with Crippen molar-refractivity contribution >= 4 is 29.5 Å². The van der Waals surface area contributed by atoms with E-state index >= 15 is 0 Å². The number of hydrogen-bond donors (Lipinski definition) is 0. The fraction of sp³-hybridized carbons (Fsp3) is 0.923. The minimum Gasteiger partial charge on any atom is -0.378 e. The summed E-state index contributed by atoms with van der Waals surface area (Å²) in [6.45, 7) is 0.974. The van der Waals surface area contributed by atoms with Crippen molar-refractivity contribution in [1.82, 2.24) is 0 Å². The highest BCUT2D eigenvalue weighted by atomic mass is 35.5. The molecule has 0 heterocycles. The summed E-state index contributed by atoms with van der Waals surface area (Å²) >= 11 is 11.7. The summed E-state index contributed by atoms with van der Waals surface area (Å²) < 4.78 is 5.98. The molecule has 0 aromatic rings. The van der Waals surface area contributed by atoms with Gasteiger partial charge in [-0.1, -0.05) is 83.5 Å². The van der Waals surface area contributed by atoms with Crippen LogP contribution in [0.2, 0.25) is 0 Å². The van der Waals surface area contributed by atoms with Crippen molar-refractivity contribution in [2.75, 3.05) is 12.5 Å². The van der Waals surface area contributed by atoms with Gasteiger partial charge in [0.25, 0.3) is 0 Å². The molecule has 2 unspecified atom stereocenters. The first-order valence-corrected chi connectivity index (χ1v) is 13.8. The molecule has 1 fully saturated rings. The van der Waals surface area contributed by atoms with Gasteiger partial charge in [0.15, 0.2) is 0 Å². The Morgan fingerprint density at radius 1 is 0.800 bits per heavy atom. The summed E-state index contributed by atoms with van der Waals surface area (Å²) in [5.74, 6) is 0.133. The quantitative estimate of drug-likeness (QED) is 0.126. The Morgan fingerprint density at radius 2 is 1.27 bits per heavy atom. The molecule has 0 amide bonds. The minimum atomic E-state index is -0.261. The number of hydrogen-bond acceptors (Lipinski definition) is 2. The van der Waals surface area contributed by atoms with Crippen LogP contribution in [-0.2, 0) is 9.53 Å². The fourth-order valence-electron chi connectivity index (χ4n) is 4.32. The Morgan fingerprint density at radius 3 is 1.73 bits per heavy atom. The molecule has 30 heavy (non-hydrogen) atoms. The van der Waals surface area contributed by atoms with Gasteiger partial charge in [0, 0.05) is 18.4 Å². The standard InChI is InChI=1S/C26H46Cl2O2/c27-22-26(28)24(23-29)18-14-11-9-7-5-3-1-2-4-6-8-10-12-17-21-30-25-19-15-13-16-20-25/h13,24-26H,1-12,14-22H2. The lowest BCUT2D eigenvalue weighted by atomic mass is 9.98. The Balaban J connectivity index is 1.72. The minimum absolute atomic E-state index is 0.196. The van der Waals surface area contributed by atoms with Gasteiger partial charge in [0.05, 0.1) is 11.5 Å². The average Bonchev–Trinajstić information content (AvgIpc) is 2.78. The van der Waals surface area contributed by atoms with E-state index in [1.165, 1.54) is 109 Å². The number of ether oxygens (including phenoxy) is 1. The number of halogens is 2. The molecule has 1 saturated carbocycles. The van der Waals surface area contributed by atoms with E-state index in [-0.39, 0.29) is 11.3 Å². The summed E-state index contributed by atoms with van der Waals surface area (Å²) in [6.07, 6.45) is 29.3. The highest BCUT2D eigenvalue weighted by Gasteiger charge is 2.18. The van der Waals surface area contributed by atoms with Crippen LogP contribution in [-0.4, -0.2) is 30.3 Å². The van der Waals surface area contributed by atoms with Crippen molar-refractivity contribution in [1.29, 1.82) is 0 Å². The Bertz CT molecular complexity index is 372. The first kappa shape index (κ1) is 28.2. The molecule has 0 aromatic heterocycles. The van der Waals surface area contributed by atoms with Crippen LogP contribution in [0.25, 0.3) is 0 Å². The van der Waals surface area contributed by atoms with Crippen LogP contribution in [0.4, 0.5) is 0 Å². The van der Waals surface area contributed by atoms with E-state index in [9.17, 15) is 4.79 Å². The maximum Gasteiger partial charge on any atom is 0.203 e. The van der Waals surface area contributed by atoms with E-state index in [1.54, 1.807) is 0 Å². The molecule has 0 spiro atoms. The summed E-state index contributed by atoms with van der Waals surface area (Å²) in [4.78, 5) is 10.9. The van der Waals surface area contributed by atoms with Crippen LogP contribution >= 0.6 is 23.2 Å². The molecule has 0 aromatic carbocycles. The number of alkyl halides is 2. The maximum absolute atomic E-state index is 10.9. The second-order valence-corrected chi connectivity index (χ2v) is 9.94. The van der Waals surface area contributed by atoms with Crippen molar-refractivity contribution in [2.45, 2.75) is 133 Å². The van der Waals surface area contributed by atoms with E-state index in [2.05, 4.69) is 6.42 Å². The summed E-state index contributed by atoms with van der Waals surface area (Å²) in [5.41, 5.74) is 0. The molecule has 0 bridgehead atoms. The Hall–Kier alpha value is 0.210. The Labute approximate surface area is 197 Å². The molecule has 1 aliphatic rings. The van der Waals surface area contributed by atoms with Gasteiger partial charge in [-0.3, -0.25) is 4.79 Å². The van der Waals surface area contributed by atoms with Gasteiger partial charge in [-0.2, -0.15) is 0 Å². The van der Waals surface area contributed by atoms with Crippen molar-refractivity contribution in [3.63, 3.8) is 0 Å². The third-order valence-corrected chi connectivity index (χ3v) is 7.33. The topological polar surface area (TPSA) is 26.3 Å². The zero-order valence-corrected chi connectivity index (χ0v) is 20.7. The van der Waals surface area contributed by atoms with Gasteiger partial charge in [0.1, 0.15) is 0 Å². The zero-order valence-electron chi connectivity index (χ0n) is 19.2. The summed E-state index contributed by atoms with van der Waals surface area (Å²) in [5, 5.41) is -0.261. The maximum atomic E-state index is 10.9. The molecule has 176 valence electrons. The third kappa shape index (κ3) is 15.9. The fourth-order valence-corrected chi connectivity index (χ4v) is 4.71. The van der Waals surface area contributed by atoms with Crippen molar-refractivity contribution in [3.8, 4) is 0 Å². The molecule has 0 aliphatic heterocycles. The second-order valence-electron chi connectivity index (χ2n) is 9.07. The third-order valence-electron chi connectivity index (χ3n) is 6.38. The molecule has 1 rings (SSSR count). The normalized spacial score (nSPS) is 17.1. The molecular formula is C26H46Cl2O2. The van der Waals surface area contributed by atoms with Gasteiger partial charge in [0.2, 0.25) is 6.29 Å². The lowest BCUT2D eigenvalue weighted by molar-refractivity contribution is 0.0326. The summed E-state index contributed by atoms with van der Waals surface area (Å²) in [7, 11) is 0. The van der Waals surface area contributed by atoms with Crippen LogP contribution in [0.5, 0.6) is 0 Å². The lowest BCUT2D eigenvalue weighted by Gasteiger charge is -2.21. The monoisotopic (exact) mass is 460 g/mol. The van der Waals surface area contributed by atoms with Crippen LogP contribution in [0, 0.1) is 12.3 Å². The zero-order chi connectivity index (χ0) is 21.7. The highest BCUT2D eigenvalue weighted by Crippen LogP contribution is 2.21. The smallest absolute Gasteiger partial charge is 0.203 e. The number of unbranched alkanes of at least 4 members (excludes halogenated alkanes) is 13. The van der Waals surface area contributed by atoms with E-state index in [0.29, 0.717) is 12.0 Å². The van der Waals surface area contributed by atoms with Crippen molar-refractivity contribution < 1.29 is 9.53 Å². The van der Waals surface area contributed by atoms with Gasteiger partial charge in [-0.25, -0.2) is 0 Å². The van der Waals surface area contributed by atoms with Crippen LogP contribution in [0.15, 0.2) is 0 Å². The van der Waals surface area contributed by atoms with Crippen LogP contribution < -0.4 is 0 Å². The molecule has 4 heteroatoms. The van der Waals surface area contributed by atoms with Gasteiger partial charge >= 0.3 is 0 Å². The SMILES string of the molecule is O=[C]C(CCCCCCCCCCCCCCCCOC1CC[CH]CC1)C(Cl)CCl. The predicted molar refractivity (Wildman–Crippen MR) is 131 cm³/mol. The van der Waals surface area contributed by atoms with Crippen molar-refractivity contribution in [2.24, 2.45) is 5.92 Å².